The van der Waals surface area contributed by atoms with Crippen LogP contribution in [0.4, 0.5) is 4.79 Å². The molecule has 6 heteroatoms. The third kappa shape index (κ3) is 2.41. The fraction of sp³-hybridized carbons (Fsp3) is 0.333. The predicted octanol–water partition coefficient (Wildman–Crippen LogP) is 2.89. The molecular formula is C12H12ClNO4. The van der Waals surface area contributed by atoms with Crippen LogP contribution >= 0.6 is 11.6 Å². The SMILES string of the molecule is CC(C)COC(=O)n1c(=O)oc2cc(Cl)ccc21. The Morgan fingerprint density at radius 2 is 2.22 bits per heavy atom. The van der Waals surface area contributed by atoms with Gasteiger partial charge in [0.2, 0.25) is 0 Å². The number of aromatic nitrogens is 1. The van der Waals surface area contributed by atoms with Crippen LogP contribution in [0, 0.1) is 5.92 Å². The summed E-state index contributed by atoms with van der Waals surface area (Å²) in [6, 6.07) is 4.59. The van der Waals surface area contributed by atoms with Gasteiger partial charge < -0.3 is 9.15 Å². The Balaban J connectivity index is 2.41. The molecule has 0 saturated carbocycles. The molecule has 1 aromatic carbocycles. The molecule has 0 fully saturated rings. The maximum atomic E-state index is 11.8. The Morgan fingerprint density at radius 3 is 2.89 bits per heavy atom. The summed E-state index contributed by atoms with van der Waals surface area (Å²) in [5.74, 6) is -0.585. The van der Waals surface area contributed by atoms with E-state index >= 15 is 0 Å². The zero-order valence-corrected chi connectivity index (χ0v) is 10.7. The number of oxazole rings is 1. The highest BCUT2D eigenvalue weighted by Gasteiger charge is 2.17. The largest absolute Gasteiger partial charge is 0.448 e. The van der Waals surface area contributed by atoms with Gasteiger partial charge in [0.25, 0.3) is 0 Å². The van der Waals surface area contributed by atoms with E-state index in [2.05, 4.69) is 0 Å². The fourth-order valence-corrected chi connectivity index (χ4v) is 1.63. The van der Waals surface area contributed by atoms with Gasteiger partial charge in [0.15, 0.2) is 5.58 Å². The zero-order valence-electron chi connectivity index (χ0n) is 9.97. The van der Waals surface area contributed by atoms with Crippen LogP contribution in [0.5, 0.6) is 0 Å². The maximum absolute atomic E-state index is 11.8. The van der Waals surface area contributed by atoms with Gasteiger partial charge in [0, 0.05) is 11.1 Å². The third-order valence-electron chi connectivity index (χ3n) is 2.27. The van der Waals surface area contributed by atoms with Crippen molar-refractivity contribution in [3.63, 3.8) is 0 Å². The number of hydrogen-bond acceptors (Lipinski definition) is 4. The molecule has 0 aliphatic heterocycles. The number of hydrogen-bond donors (Lipinski definition) is 0. The molecule has 96 valence electrons. The van der Waals surface area contributed by atoms with Crippen molar-refractivity contribution in [2.24, 2.45) is 5.92 Å². The molecule has 0 amide bonds. The summed E-state index contributed by atoms with van der Waals surface area (Å²) in [6.45, 7) is 4.05. The molecular weight excluding hydrogens is 258 g/mol. The van der Waals surface area contributed by atoms with E-state index in [-0.39, 0.29) is 18.1 Å². The highest BCUT2D eigenvalue weighted by atomic mass is 35.5. The number of ether oxygens (including phenoxy) is 1. The Labute approximate surface area is 108 Å². The molecule has 2 rings (SSSR count). The molecule has 0 bridgehead atoms. The molecule has 0 unspecified atom stereocenters. The number of rotatable bonds is 2. The molecule has 0 spiro atoms. The lowest BCUT2D eigenvalue weighted by atomic mass is 10.2. The molecule has 2 aromatic rings. The molecule has 0 saturated heterocycles. The van der Waals surface area contributed by atoms with Gasteiger partial charge in [0.1, 0.15) is 5.52 Å². The second-order valence-corrected chi connectivity index (χ2v) is 4.72. The topological polar surface area (TPSA) is 61.4 Å². The second kappa shape index (κ2) is 4.86. The van der Waals surface area contributed by atoms with Crippen LogP contribution in [0.3, 0.4) is 0 Å². The zero-order chi connectivity index (χ0) is 13.3. The van der Waals surface area contributed by atoms with Crippen molar-refractivity contribution in [2.45, 2.75) is 13.8 Å². The Kier molecular flexibility index (Phi) is 3.43. The Morgan fingerprint density at radius 1 is 1.50 bits per heavy atom. The van der Waals surface area contributed by atoms with Crippen LogP contribution in [-0.4, -0.2) is 17.3 Å². The van der Waals surface area contributed by atoms with Gasteiger partial charge >= 0.3 is 11.8 Å². The highest BCUT2D eigenvalue weighted by Crippen LogP contribution is 2.18. The summed E-state index contributed by atoms with van der Waals surface area (Å²) < 4.78 is 10.8. The summed E-state index contributed by atoms with van der Waals surface area (Å²) in [5.41, 5.74) is 0.604. The maximum Gasteiger partial charge on any atom is 0.429 e. The number of halogens is 1. The first-order chi connectivity index (χ1) is 8.49. The smallest absolute Gasteiger partial charge is 0.429 e. The first kappa shape index (κ1) is 12.7. The van der Waals surface area contributed by atoms with Crippen LogP contribution in [0.15, 0.2) is 27.4 Å². The predicted molar refractivity (Wildman–Crippen MR) is 67.1 cm³/mol. The van der Waals surface area contributed by atoms with E-state index in [0.29, 0.717) is 10.5 Å². The van der Waals surface area contributed by atoms with Crippen LogP contribution in [-0.2, 0) is 4.74 Å². The molecule has 5 nitrogen and oxygen atoms in total. The molecule has 0 radical (unpaired) electrons. The van der Waals surface area contributed by atoms with Gasteiger partial charge in [-0.05, 0) is 18.1 Å². The monoisotopic (exact) mass is 269 g/mol. The van der Waals surface area contributed by atoms with E-state index in [1.165, 1.54) is 6.07 Å². The number of carbonyl (C=O) groups excluding carboxylic acids is 1. The Bertz CT molecular complexity index is 641. The molecule has 0 N–H and O–H groups in total. The first-order valence-electron chi connectivity index (χ1n) is 5.47. The molecule has 1 aromatic heterocycles. The average Bonchev–Trinajstić information content (AvgIpc) is 2.61. The van der Waals surface area contributed by atoms with Gasteiger partial charge in [-0.15, -0.1) is 0 Å². The number of fused-ring (bicyclic) bond motifs is 1. The van der Waals surface area contributed by atoms with Crippen molar-refractivity contribution in [3.8, 4) is 0 Å². The second-order valence-electron chi connectivity index (χ2n) is 4.29. The lowest BCUT2D eigenvalue weighted by Gasteiger charge is -2.06. The van der Waals surface area contributed by atoms with E-state index in [9.17, 15) is 9.59 Å². The van der Waals surface area contributed by atoms with Gasteiger partial charge in [-0.25, -0.2) is 9.59 Å². The van der Waals surface area contributed by atoms with Gasteiger partial charge in [-0.3, -0.25) is 0 Å². The van der Waals surface area contributed by atoms with Gasteiger partial charge in [-0.1, -0.05) is 25.4 Å². The van der Waals surface area contributed by atoms with Crippen LogP contribution in [0.1, 0.15) is 13.8 Å². The summed E-state index contributed by atoms with van der Waals surface area (Å²) in [6.07, 6.45) is -0.741. The highest BCUT2D eigenvalue weighted by molar-refractivity contribution is 6.31. The van der Waals surface area contributed by atoms with E-state index in [0.717, 1.165) is 4.57 Å². The summed E-state index contributed by atoms with van der Waals surface area (Å²) in [7, 11) is 0. The molecule has 0 aliphatic rings. The third-order valence-corrected chi connectivity index (χ3v) is 2.50. The van der Waals surface area contributed by atoms with Crippen LogP contribution in [0.25, 0.3) is 11.1 Å². The molecule has 1 heterocycles. The normalized spacial score (nSPS) is 11.1. The number of carbonyl (C=O) groups is 1. The Hall–Kier alpha value is -1.75. The van der Waals surface area contributed by atoms with Crippen molar-refractivity contribution in [1.82, 2.24) is 4.57 Å². The fourth-order valence-electron chi connectivity index (χ4n) is 1.47. The van der Waals surface area contributed by atoms with Gasteiger partial charge in [-0.2, -0.15) is 4.57 Å². The summed E-state index contributed by atoms with van der Waals surface area (Å²) in [4.78, 5) is 23.4. The molecule has 0 aliphatic carbocycles. The van der Waals surface area contributed by atoms with Crippen molar-refractivity contribution in [2.75, 3.05) is 6.61 Å². The van der Waals surface area contributed by atoms with Crippen molar-refractivity contribution in [1.29, 1.82) is 0 Å². The van der Waals surface area contributed by atoms with Crippen LogP contribution < -0.4 is 5.76 Å². The summed E-state index contributed by atoms with van der Waals surface area (Å²) >= 11 is 5.78. The number of benzene rings is 1. The van der Waals surface area contributed by atoms with Crippen molar-refractivity contribution >= 4 is 28.8 Å². The van der Waals surface area contributed by atoms with Crippen LogP contribution in [0.2, 0.25) is 5.02 Å². The lowest BCUT2D eigenvalue weighted by Crippen LogP contribution is -2.25. The standard InChI is InChI=1S/C12H12ClNO4/c1-7(2)6-17-11(15)14-9-4-3-8(13)5-10(9)18-12(14)16/h3-5,7H,6H2,1-2H3. The van der Waals surface area contributed by atoms with E-state index in [1.54, 1.807) is 12.1 Å². The van der Waals surface area contributed by atoms with E-state index in [4.69, 9.17) is 20.8 Å². The minimum atomic E-state index is -0.777. The van der Waals surface area contributed by atoms with E-state index < -0.39 is 11.8 Å². The quantitative estimate of drug-likeness (QED) is 0.841. The van der Waals surface area contributed by atoms with Crippen molar-refractivity contribution < 1.29 is 13.9 Å². The minimum absolute atomic E-state index is 0.192. The molecule has 0 atom stereocenters. The first-order valence-corrected chi connectivity index (χ1v) is 5.85. The number of nitrogens with zero attached hydrogens (tertiary/aromatic N) is 1. The summed E-state index contributed by atoms with van der Waals surface area (Å²) in [5, 5.41) is 0.430. The van der Waals surface area contributed by atoms with E-state index in [1.807, 2.05) is 13.8 Å². The van der Waals surface area contributed by atoms with Gasteiger partial charge in [0.05, 0.1) is 6.61 Å². The molecule has 18 heavy (non-hydrogen) atoms. The average molecular weight is 270 g/mol. The van der Waals surface area contributed by atoms with Crippen molar-refractivity contribution in [3.05, 3.63) is 33.8 Å². The lowest BCUT2D eigenvalue weighted by molar-refractivity contribution is 0.133. The minimum Gasteiger partial charge on any atom is -0.448 e.